The van der Waals surface area contributed by atoms with E-state index in [1.54, 1.807) is 24.5 Å². The second-order valence-electron chi connectivity index (χ2n) is 8.80. The number of allylic oxidation sites excluding steroid dienone is 2. The number of nitrogens with two attached hydrogens (primary N) is 1. The summed E-state index contributed by atoms with van der Waals surface area (Å²) in [4.78, 5) is 18.5. The van der Waals surface area contributed by atoms with Gasteiger partial charge in [0.1, 0.15) is 11.6 Å². The van der Waals surface area contributed by atoms with Crippen LogP contribution in [0.2, 0.25) is 0 Å². The molecule has 4 rings (SSSR count). The summed E-state index contributed by atoms with van der Waals surface area (Å²) in [5, 5.41) is 6.61. The van der Waals surface area contributed by atoms with E-state index < -0.39 is 0 Å². The number of benzene rings is 1. The Morgan fingerprint density at radius 1 is 1.08 bits per heavy atom. The third-order valence-electron chi connectivity index (χ3n) is 6.12. The minimum atomic E-state index is -0.268. The van der Waals surface area contributed by atoms with Crippen LogP contribution in [0.25, 0.3) is 5.70 Å². The first-order chi connectivity index (χ1) is 17.4. The lowest BCUT2D eigenvalue weighted by Crippen LogP contribution is -2.45. The van der Waals surface area contributed by atoms with Gasteiger partial charge in [0, 0.05) is 38.4 Å². The Kier molecular flexibility index (Phi) is 8.17. The average Bonchev–Trinajstić information content (AvgIpc) is 3.43. The number of hydrogen-bond donors (Lipinski definition) is 3. The summed E-state index contributed by atoms with van der Waals surface area (Å²) in [5.41, 5.74) is 9.59. The van der Waals surface area contributed by atoms with Gasteiger partial charge in [-0.05, 0) is 61.9 Å². The molecule has 3 aromatic rings. The summed E-state index contributed by atoms with van der Waals surface area (Å²) >= 11 is 0. The fourth-order valence-corrected chi connectivity index (χ4v) is 3.68. The number of anilines is 3. The second kappa shape index (κ2) is 11.7. The number of furan rings is 1. The molecule has 1 aliphatic rings. The summed E-state index contributed by atoms with van der Waals surface area (Å²) in [5.74, 6) is 1.76. The third-order valence-corrected chi connectivity index (χ3v) is 6.12. The second-order valence-corrected chi connectivity index (χ2v) is 8.80. The smallest absolute Gasteiger partial charge is 0.233 e. The maximum absolute atomic E-state index is 13.3. The van der Waals surface area contributed by atoms with Gasteiger partial charge in [-0.1, -0.05) is 19.1 Å². The fraction of sp³-hybridized carbons (Fsp3) is 0.346. The van der Waals surface area contributed by atoms with Crippen molar-refractivity contribution >= 4 is 23.5 Å². The Hall–Kier alpha value is -3.92. The van der Waals surface area contributed by atoms with Crippen LogP contribution in [0.3, 0.4) is 0 Å². The molecular formula is C26H33FN8O. The number of halogens is 1. The van der Waals surface area contributed by atoms with Crippen LogP contribution in [-0.2, 0) is 6.54 Å². The van der Waals surface area contributed by atoms with Crippen LogP contribution in [-0.4, -0.2) is 53.1 Å². The molecule has 10 heteroatoms. The third kappa shape index (κ3) is 6.60. The van der Waals surface area contributed by atoms with Crippen LogP contribution < -0.4 is 21.3 Å². The van der Waals surface area contributed by atoms with E-state index in [9.17, 15) is 4.39 Å². The molecule has 0 amide bonds. The van der Waals surface area contributed by atoms with Gasteiger partial charge in [0.25, 0.3) is 0 Å². The average molecular weight is 493 g/mol. The molecule has 1 aliphatic heterocycles. The molecule has 9 nitrogen and oxygen atoms in total. The highest BCUT2D eigenvalue weighted by Crippen LogP contribution is 2.21. The maximum atomic E-state index is 13.3. The molecule has 190 valence electrons. The highest BCUT2D eigenvalue weighted by Gasteiger charge is 2.19. The van der Waals surface area contributed by atoms with Crippen molar-refractivity contribution in [3.8, 4) is 0 Å². The molecule has 0 spiro atoms. The molecule has 0 saturated carbocycles. The molecule has 0 aliphatic carbocycles. The lowest BCUT2D eigenvalue weighted by Gasteiger charge is -2.32. The molecule has 0 radical (unpaired) electrons. The van der Waals surface area contributed by atoms with Crippen LogP contribution in [0.15, 0.2) is 64.4 Å². The first-order valence-corrected chi connectivity index (χ1v) is 12.1. The van der Waals surface area contributed by atoms with E-state index in [0.717, 1.165) is 49.4 Å². The van der Waals surface area contributed by atoms with E-state index in [1.807, 2.05) is 19.1 Å². The van der Waals surface area contributed by atoms with Crippen molar-refractivity contribution in [3.05, 3.63) is 77.1 Å². The molecular weight excluding hydrogens is 459 g/mol. The minimum absolute atomic E-state index is 0.268. The Morgan fingerprint density at radius 2 is 1.81 bits per heavy atom. The zero-order valence-electron chi connectivity index (χ0n) is 21.0. The molecule has 3 heterocycles. The van der Waals surface area contributed by atoms with Gasteiger partial charge in [-0.3, -0.25) is 0 Å². The van der Waals surface area contributed by atoms with Gasteiger partial charge in [0.15, 0.2) is 0 Å². The van der Waals surface area contributed by atoms with E-state index >= 15 is 0 Å². The lowest BCUT2D eigenvalue weighted by atomic mass is 10.1. The fourth-order valence-electron chi connectivity index (χ4n) is 3.68. The predicted molar refractivity (Wildman–Crippen MR) is 141 cm³/mol. The van der Waals surface area contributed by atoms with Gasteiger partial charge in [-0.25, -0.2) is 4.39 Å². The monoisotopic (exact) mass is 492 g/mol. The molecule has 0 bridgehead atoms. The van der Waals surface area contributed by atoms with Crippen LogP contribution in [0.4, 0.5) is 22.2 Å². The summed E-state index contributed by atoms with van der Waals surface area (Å²) in [6, 6.07) is 9.96. The summed E-state index contributed by atoms with van der Waals surface area (Å²) in [6.45, 7) is 8.05. The van der Waals surface area contributed by atoms with Crippen LogP contribution in [0, 0.1) is 5.82 Å². The number of piperazine rings is 1. The normalized spacial score (nSPS) is 15.6. The van der Waals surface area contributed by atoms with Crippen LogP contribution in [0.5, 0.6) is 0 Å². The number of likely N-dealkylation sites (N-methyl/N-ethyl adjacent to an activating group) is 1. The summed E-state index contributed by atoms with van der Waals surface area (Å²) in [7, 11) is 2.10. The predicted octanol–water partition coefficient (Wildman–Crippen LogP) is 4.06. The summed E-state index contributed by atoms with van der Waals surface area (Å²) in [6.07, 6.45) is 4.24. The Bertz CT molecular complexity index is 1200. The van der Waals surface area contributed by atoms with Gasteiger partial charge in [0.2, 0.25) is 17.8 Å². The van der Waals surface area contributed by atoms with Crippen molar-refractivity contribution in [2.75, 3.05) is 48.8 Å². The standard InChI is InChI=1S/C26H33FN8O/c1-4-18(2)22(16-21(28)23-6-5-15-36-23)30-25-31-24(29-17-19-7-9-20(27)10-8-19)32-26(33-25)35-13-11-34(3)12-14-35/h5-10,15-16H,4,11-14,17,28H2,1-3H3,(H2,29,30,31,32,33)/b21-16-,22-18-. The van der Waals surface area contributed by atoms with Crippen molar-refractivity contribution in [2.24, 2.45) is 5.73 Å². The zero-order chi connectivity index (χ0) is 25.5. The van der Waals surface area contributed by atoms with Crippen molar-refractivity contribution in [1.29, 1.82) is 0 Å². The highest BCUT2D eigenvalue weighted by atomic mass is 19.1. The van der Waals surface area contributed by atoms with Crippen LogP contribution in [0.1, 0.15) is 31.6 Å². The van der Waals surface area contributed by atoms with Crippen molar-refractivity contribution in [1.82, 2.24) is 19.9 Å². The van der Waals surface area contributed by atoms with Crippen molar-refractivity contribution in [2.45, 2.75) is 26.8 Å². The highest BCUT2D eigenvalue weighted by molar-refractivity contribution is 5.64. The Balaban J connectivity index is 1.62. The number of aromatic nitrogens is 3. The van der Waals surface area contributed by atoms with Gasteiger partial charge in [-0.2, -0.15) is 15.0 Å². The molecule has 1 fully saturated rings. The molecule has 1 aromatic carbocycles. The van der Waals surface area contributed by atoms with Gasteiger partial charge in [0.05, 0.1) is 12.0 Å². The molecule has 2 aromatic heterocycles. The number of nitrogens with one attached hydrogen (secondary N) is 2. The number of nitrogens with zero attached hydrogens (tertiary/aromatic N) is 5. The first kappa shape index (κ1) is 25.2. The van der Waals surface area contributed by atoms with E-state index in [1.165, 1.54) is 12.1 Å². The molecule has 0 unspecified atom stereocenters. The number of hydrogen-bond acceptors (Lipinski definition) is 9. The molecule has 0 atom stereocenters. The van der Waals surface area contributed by atoms with Crippen molar-refractivity contribution < 1.29 is 8.81 Å². The lowest BCUT2D eigenvalue weighted by molar-refractivity contribution is 0.311. The van der Waals surface area contributed by atoms with Gasteiger partial charge in [-0.15, -0.1) is 0 Å². The Labute approximate surface area is 210 Å². The minimum Gasteiger partial charge on any atom is -0.463 e. The Morgan fingerprint density at radius 3 is 2.47 bits per heavy atom. The van der Waals surface area contributed by atoms with Gasteiger partial charge >= 0.3 is 0 Å². The topological polar surface area (TPSA) is 108 Å². The van der Waals surface area contributed by atoms with E-state index in [4.69, 9.17) is 15.1 Å². The van der Waals surface area contributed by atoms with Gasteiger partial charge < -0.3 is 30.6 Å². The number of rotatable bonds is 9. The van der Waals surface area contributed by atoms with Crippen LogP contribution >= 0.6 is 0 Å². The van der Waals surface area contributed by atoms with E-state index in [0.29, 0.717) is 35.8 Å². The maximum Gasteiger partial charge on any atom is 0.233 e. The van der Waals surface area contributed by atoms with E-state index in [2.05, 4.69) is 44.4 Å². The zero-order valence-corrected chi connectivity index (χ0v) is 21.0. The molecule has 36 heavy (non-hydrogen) atoms. The molecule has 4 N–H and O–H groups in total. The largest absolute Gasteiger partial charge is 0.463 e. The quantitative estimate of drug-likeness (QED) is 0.381. The first-order valence-electron chi connectivity index (χ1n) is 12.1. The molecule has 1 saturated heterocycles. The van der Waals surface area contributed by atoms with E-state index in [-0.39, 0.29) is 5.82 Å². The van der Waals surface area contributed by atoms with Crippen molar-refractivity contribution in [3.63, 3.8) is 0 Å². The SMILES string of the molecule is CC/C(C)=C(/C=C(\N)c1ccco1)Nc1nc(NCc2ccc(F)cc2)nc(N2CCN(C)CC2)n1. The summed E-state index contributed by atoms with van der Waals surface area (Å²) < 4.78 is 18.7.